The summed E-state index contributed by atoms with van der Waals surface area (Å²) in [7, 11) is 1.75. The number of carbonyl (C=O) groups excluding carboxylic acids is 2. The van der Waals surface area contributed by atoms with Gasteiger partial charge in [0.1, 0.15) is 5.82 Å². The summed E-state index contributed by atoms with van der Waals surface area (Å²) in [6.07, 6.45) is 1.66. The van der Waals surface area contributed by atoms with Crippen LogP contribution in [0.5, 0.6) is 0 Å². The van der Waals surface area contributed by atoms with E-state index in [0.717, 1.165) is 0 Å². The summed E-state index contributed by atoms with van der Waals surface area (Å²) in [5.41, 5.74) is 0.541. The van der Waals surface area contributed by atoms with Gasteiger partial charge in [0.2, 0.25) is 11.8 Å². The third-order valence-electron chi connectivity index (χ3n) is 3.40. The van der Waals surface area contributed by atoms with Crippen LogP contribution < -0.4 is 10.6 Å². The van der Waals surface area contributed by atoms with Gasteiger partial charge in [-0.15, -0.1) is 21.5 Å². The number of halogens is 1. The number of anilines is 2. The van der Waals surface area contributed by atoms with Crippen LogP contribution in [0.4, 0.5) is 10.8 Å². The van der Waals surface area contributed by atoms with Gasteiger partial charge in [0.15, 0.2) is 10.3 Å². The molecule has 2 N–H and O–H groups in total. The maximum atomic E-state index is 12.2. The van der Waals surface area contributed by atoms with Crippen LogP contribution in [0.2, 0.25) is 5.02 Å². The van der Waals surface area contributed by atoms with E-state index in [0.29, 0.717) is 26.8 Å². The maximum absolute atomic E-state index is 12.2. The molecule has 0 unspecified atom stereocenters. The van der Waals surface area contributed by atoms with Crippen molar-refractivity contribution in [2.24, 2.45) is 7.05 Å². The number of nitrogens with zero attached hydrogens (tertiary/aromatic N) is 4. The van der Waals surface area contributed by atoms with Crippen LogP contribution >= 0.6 is 34.7 Å². The number of hydrogen-bond acceptors (Lipinski definition) is 7. The van der Waals surface area contributed by atoms with E-state index < -0.39 is 0 Å². The van der Waals surface area contributed by atoms with Crippen LogP contribution in [0.3, 0.4) is 0 Å². The molecule has 0 saturated heterocycles. The summed E-state index contributed by atoms with van der Waals surface area (Å²) in [6, 6.07) is 6.99. The van der Waals surface area contributed by atoms with Crippen LogP contribution in [0, 0.1) is 0 Å². The summed E-state index contributed by atoms with van der Waals surface area (Å²) >= 11 is 8.62. The second kappa shape index (κ2) is 8.98. The van der Waals surface area contributed by atoms with Gasteiger partial charge < -0.3 is 15.2 Å². The molecule has 1 aromatic carbocycles. The molecule has 0 aliphatic rings. The molecule has 0 aliphatic carbocycles. The van der Waals surface area contributed by atoms with Gasteiger partial charge in [-0.3, -0.25) is 9.59 Å². The lowest BCUT2D eigenvalue weighted by Crippen LogP contribution is -2.17. The fourth-order valence-corrected chi connectivity index (χ4v) is 3.55. The molecule has 0 fully saturated rings. The molecule has 0 bridgehead atoms. The molecular weight excluding hydrogens is 408 g/mol. The molecule has 3 aromatic rings. The lowest BCUT2D eigenvalue weighted by atomic mass is 10.3. The van der Waals surface area contributed by atoms with Gasteiger partial charge in [-0.2, -0.15) is 0 Å². The van der Waals surface area contributed by atoms with Gasteiger partial charge >= 0.3 is 0 Å². The Morgan fingerprint density at radius 2 is 2.04 bits per heavy atom. The summed E-state index contributed by atoms with van der Waals surface area (Å²) in [6.45, 7) is 0. The Balaban J connectivity index is 1.54. The molecule has 8 nitrogen and oxygen atoms in total. The number of benzene rings is 1. The van der Waals surface area contributed by atoms with Gasteiger partial charge in [-0.25, -0.2) is 4.98 Å². The number of amides is 2. The molecule has 0 spiro atoms. The first kappa shape index (κ1) is 19.3. The summed E-state index contributed by atoms with van der Waals surface area (Å²) in [4.78, 5) is 28.1. The third kappa shape index (κ3) is 5.28. The van der Waals surface area contributed by atoms with Crippen molar-refractivity contribution in [3.63, 3.8) is 0 Å². The minimum atomic E-state index is -0.253. The number of hydrogen-bond donors (Lipinski definition) is 2. The van der Waals surface area contributed by atoms with E-state index in [2.05, 4.69) is 25.8 Å². The molecule has 2 heterocycles. The fourth-order valence-electron chi connectivity index (χ4n) is 2.10. The van der Waals surface area contributed by atoms with E-state index in [9.17, 15) is 9.59 Å². The van der Waals surface area contributed by atoms with E-state index in [-0.39, 0.29) is 24.0 Å². The van der Waals surface area contributed by atoms with Crippen LogP contribution in [-0.4, -0.2) is 37.3 Å². The van der Waals surface area contributed by atoms with Crippen LogP contribution in [0.15, 0.2) is 41.0 Å². The van der Waals surface area contributed by atoms with Crippen molar-refractivity contribution in [2.45, 2.75) is 11.6 Å². The Hall–Kier alpha value is -2.43. The third-order valence-corrected chi connectivity index (χ3v) is 5.44. The second-order valence-corrected chi connectivity index (χ2v) is 7.58. The lowest BCUT2D eigenvalue weighted by Gasteiger charge is -2.07. The minimum Gasteiger partial charge on any atom is -0.324 e. The smallest absolute Gasteiger partial charge is 0.236 e. The first-order valence-corrected chi connectivity index (χ1v) is 10.0. The van der Waals surface area contributed by atoms with E-state index in [1.54, 1.807) is 47.5 Å². The van der Waals surface area contributed by atoms with Crippen molar-refractivity contribution in [2.75, 3.05) is 16.4 Å². The molecule has 0 radical (unpaired) electrons. The Labute approximate surface area is 168 Å². The van der Waals surface area contributed by atoms with Crippen molar-refractivity contribution < 1.29 is 9.59 Å². The largest absolute Gasteiger partial charge is 0.324 e. The van der Waals surface area contributed by atoms with Crippen molar-refractivity contribution in [3.8, 4) is 0 Å². The maximum Gasteiger partial charge on any atom is 0.236 e. The number of rotatable bonds is 7. The quantitative estimate of drug-likeness (QED) is 0.567. The highest BCUT2D eigenvalue weighted by molar-refractivity contribution is 7.99. The van der Waals surface area contributed by atoms with Crippen LogP contribution in [0.25, 0.3) is 0 Å². The van der Waals surface area contributed by atoms with E-state index in [1.807, 2.05) is 0 Å². The zero-order valence-corrected chi connectivity index (χ0v) is 16.6. The normalized spacial score (nSPS) is 10.6. The highest BCUT2D eigenvalue weighted by Crippen LogP contribution is 2.21. The lowest BCUT2D eigenvalue weighted by molar-refractivity contribution is -0.116. The van der Waals surface area contributed by atoms with Crippen LogP contribution in [-0.2, 0) is 23.1 Å². The SMILES string of the molecule is Cn1c(CC(=O)Nc2ccccc2Cl)nnc1SCC(=O)Nc1nccs1. The molecule has 3 rings (SSSR count). The molecular formula is C16H15ClN6O2S2. The number of thiazole rings is 1. The van der Waals surface area contributed by atoms with Crippen molar-refractivity contribution in [1.29, 1.82) is 0 Å². The summed E-state index contributed by atoms with van der Waals surface area (Å²) in [5.74, 6) is 0.215. The Bertz CT molecular complexity index is 944. The van der Waals surface area contributed by atoms with Crippen LogP contribution in [0.1, 0.15) is 5.82 Å². The predicted molar refractivity (Wildman–Crippen MR) is 106 cm³/mol. The molecule has 0 aliphatic heterocycles. The number of aromatic nitrogens is 4. The van der Waals surface area contributed by atoms with Gasteiger partial charge in [-0.05, 0) is 12.1 Å². The minimum absolute atomic E-state index is 0.0423. The molecule has 2 aromatic heterocycles. The highest BCUT2D eigenvalue weighted by Gasteiger charge is 2.15. The molecule has 0 saturated carbocycles. The molecule has 140 valence electrons. The molecule has 11 heteroatoms. The molecule has 2 amide bonds. The predicted octanol–water partition coefficient (Wildman–Crippen LogP) is 2.84. The van der Waals surface area contributed by atoms with Gasteiger partial charge in [0, 0.05) is 18.6 Å². The average molecular weight is 423 g/mol. The van der Waals surface area contributed by atoms with Gasteiger partial charge in [-0.1, -0.05) is 35.5 Å². The second-order valence-electron chi connectivity index (χ2n) is 5.34. The topological polar surface area (TPSA) is 102 Å². The van der Waals surface area contributed by atoms with Crippen molar-refractivity contribution >= 4 is 57.3 Å². The van der Waals surface area contributed by atoms with Gasteiger partial charge in [0.25, 0.3) is 0 Å². The Kier molecular flexibility index (Phi) is 6.43. The fraction of sp³-hybridized carbons (Fsp3) is 0.188. The first-order chi connectivity index (χ1) is 13.0. The first-order valence-electron chi connectivity index (χ1n) is 7.77. The van der Waals surface area contributed by atoms with Crippen molar-refractivity contribution in [3.05, 3.63) is 46.7 Å². The highest BCUT2D eigenvalue weighted by atomic mass is 35.5. The van der Waals surface area contributed by atoms with E-state index in [4.69, 9.17) is 11.6 Å². The average Bonchev–Trinajstić information content (AvgIpc) is 3.26. The monoisotopic (exact) mass is 422 g/mol. The molecule has 27 heavy (non-hydrogen) atoms. The summed E-state index contributed by atoms with van der Waals surface area (Å²) < 4.78 is 1.69. The van der Waals surface area contributed by atoms with Gasteiger partial charge in [0.05, 0.1) is 22.9 Å². The van der Waals surface area contributed by atoms with Crippen molar-refractivity contribution in [1.82, 2.24) is 19.7 Å². The Morgan fingerprint density at radius 1 is 1.22 bits per heavy atom. The zero-order valence-electron chi connectivity index (χ0n) is 14.2. The Morgan fingerprint density at radius 3 is 2.78 bits per heavy atom. The summed E-state index contributed by atoms with van der Waals surface area (Å²) in [5, 5.41) is 16.9. The number of para-hydroxylation sites is 1. The molecule has 0 atom stereocenters. The van der Waals surface area contributed by atoms with E-state index >= 15 is 0 Å². The zero-order chi connectivity index (χ0) is 19.2. The number of thioether (sulfide) groups is 1. The number of carbonyl (C=O) groups is 2. The van der Waals surface area contributed by atoms with E-state index in [1.165, 1.54) is 23.1 Å². The standard InChI is InChI=1S/C16H15ClN6O2S2/c1-23-12(8-13(24)19-11-5-3-2-4-10(11)17)21-22-16(23)27-9-14(25)20-15-18-6-7-26-15/h2-7H,8-9H2,1H3,(H,19,24)(H,18,20,25). The number of nitrogens with one attached hydrogen (secondary N) is 2.